The second-order valence-electron chi connectivity index (χ2n) is 3.85. The lowest BCUT2D eigenvalue weighted by molar-refractivity contribution is 0.0953. The smallest absolute Gasteiger partial charge is 0.266 e. The maximum Gasteiger partial charge on any atom is 0.266 e. The number of aromatic nitrogens is 1. The molecule has 0 aliphatic rings. The van der Waals surface area contributed by atoms with Gasteiger partial charge >= 0.3 is 0 Å². The Morgan fingerprint density at radius 3 is 2.75 bits per heavy atom. The largest absolute Gasteiger partial charge is 0.484 e. The fourth-order valence-electron chi connectivity index (χ4n) is 1.47. The highest BCUT2D eigenvalue weighted by atomic mass is 19.2. The SMILES string of the molecule is NNC(=O)c1ccc(COc2cccc(F)c2F)nc1. The lowest BCUT2D eigenvalue weighted by Crippen LogP contribution is -2.30. The van der Waals surface area contributed by atoms with Crippen molar-refractivity contribution in [2.75, 3.05) is 0 Å². The Morgan fingerprint density at radius 1 is 1.30 bits per heavy atom. The number of pyridine rings is 1. The lowest BCUT2D eigenvalue weighted by Gasteiger charge is -2.07. The fourth-order valence-corrected chi connectivity index (χ4v) is 1.47. The molecule has 0 spiro atoms. The van der Waals surface area contributed by atoms with Gasteiger partial charge in [0.15, 0.2) is 11.6 Å². The van der Waals surface area contributed by atoms with Gasteiger partial charge in [0.2, 0.25) is 5.82 Å². The molecule has 0 saturated heterocycles. The van der Waals surface area contributed by atoms with Gasteiger partial charge in [0, 0.05) is 6.20 Å². The van der Waals surface area contributed by atoms with Crippen molar-refractivity contribution in [3.05, 3.63) is 59.4 Å². The number of carbonyl (C=O) groups excluding carboxylic acids is 1. The zero-order chi connectivity index (χ0) is 14.5. The first-order valence-corrected chi connectivity index (χ1v) is 5.64. The van der Waals surface area contributed by atoms with Gasteiger partial charge in [-0.25, -0.2) is 10.2 Å². The number of nitrogens with zero attached hydrogens (tertiary/aromatic N) is 1. The third-order valence-corrected chi connectivity index (χ3v) is 2.51. The van der Waals surface area contributed by atoms with Crippen LogP contribution in [-0.2, 0) is 6.61 Å². The molecule has 3 N–H and O–H groups in total. The normalized spacial score (nSPS) is 10.2. The van der Waals surface area contributed by atoms with Crippen LogP contribution in [0.4, 0.5) is 8.78 Å². The number of hydrazine groups is 1. The number of nitrogens with one attached hydrogen (secondary N) is 1. The molecule has 1 amide bonds. The molecule has 2 rings (SSSR count). The molecule has 1 aromatic carbocycles. The highest BCUT2D eigenvalue weighted by molar-refractivity contribution is 5.93. The Labute approximate surface area is 113 Å². The minimum atomic E-state index is -1.05. The van der Waals surface area contributed by atoms with Crippen LogP contribution in [0.3, 0.4) is 0 Å². The van der Waals surface area contributed by atoms with Crippen LogP contribution in [0.5, 0.6) is 5.75 Å². The Morgan fingerprint density at radius 2 is 2.10 bits per heavy atom. The van der Waals surface area contributed by atoms with E-state index < -0.39 is 17.5 Å². The summed E-state index contributed by atoms with van der Waals surface area (Å²) in [5.74, 6) is 2.28. The average molecular weight is 279 g/mol. The molecule has 7 heteroatoms. The van der Waals surface area contributed by atoms with Crippen LogP contribution in [0.15, 0.2) is 36.5 Å². The molecule has 5 nitrogen and oxygen atoms in total. The quantitative estimate of drug-likeness (QED) is 0.505. The topological polar surface area (TPSA) is 77.2 Å². The van der Waals surface area contributed by atoms with E-state index in [4.69, 9.17) is 10.6 Å². The van der Waals surface area contributed by atoms with Gasteiger partial charge in [0.05, 0.1) is 11.3 Å². The second-order valence-corrected chi connectivity index (χ2v) is 3.85. The molecule has 0 saturated carbocycles. The van der Waals surface area contributed by atoms with Crippen molar-refractivity contribution in [3.8, 4) is 5.75 Å². The standard InChI is InChI=1S/C13H11F2N3O2/c14-10-2-1-3-11(12(10)15)20-7-9-5-4-8(6-17-9)13(19)18-16/h1-6H,7,16H2,(H,18,19). The zero-order valence-electron chi connectivity index (χ0n) is 10.3. The summed E-state index contributed by atoms with van der Waals surface area (Å²) in [6.07, 6.45) is 1.31. The summed E-state index contributed by atoms with van der Waals surface area (Å²) in [4.78, 5) is 15.1. The van der Waals surface area contributed by atoms with Gasteiger partial charge in [0.1, 0.15) is 6.61 Å². The minimum absolute atomic E-state index is 0.0507. The van der Waals surface area contributed by atoms with E-state index in [1.165, 1.54) is 30.5 Å². The molecule has 0 atom stereocenters. The van der Waals surface area contributed by atoms with E-state index >= 15 is 0 Å². The van der Waals surface area contributed by atoms with Gasteiger partial charge in [-0.2, -0.15) is 4.39 Å². The van der Waals surface area contributed by atoms with E-state index in [2.05, 4.69) is 4.98 Å². The first-order chi connectivity index (χ1) is 9.61. The van der Waals surface area contributed by atoms with E-state index in [0.717, 1.165) is 6.07 Å². The molecule has 0 unspecified atom stereocenters. The molecule has 0 radical (unpaired) electrons. The summed E-state index contributed by atoms with van der Waals surface area (Å²) in [6, 6.07) is 6.68. The van der Waals surface area contributed by atoms with Gasteiger partial charge in [-0.3, -0.25) is 15.2 Å². The molecule has 0 aliphatic carbocycles. The van der Waals surface area contributed by atoms with Crippen LogP contribution in [0.1, 0.15) is 16.1 Å². The summed E-state index contributed by atoms with van der Waals surface area (Å²) in [6.45, 7) is -0.0507. The molecule has 2 aromatic rings. The number of nitrogens with two attached hydrogens (primary N) is 1. The van der Waals surface area contributed by atoms with E-state index in [0.29, 0.717) is 5.69 Å². The number of nitrogen functional groups attached to an aromatic ring is 1. The predicted octanol–water partition coefficient (Wildman–Crippen LogP) is 1.54. The summed E-state index contributed by atoms with van der Waals surface area (Å²) in [7, 11) is 0. The first-order valence-electron chi connectivity index (χ1n) is 5.64. The van der Waals surface area contributed by atoms with E-state index in [1.807, 2.05) is 5.43 Å². The van der Waals surface area contributed by atoms with Crippen LogP contribution >= 0.6 is 0 Å². The van der Waals surface area contributed by atoms with Crippen LogP contribution in [0.25, 0.3) is 0 Å². The van der Waals surface area contributed by atoms with Crippen LogP contribution in [0.2, 0.25) is 0 Å². The number of hydrogen-bond donors (Lipinski definition) is 2. The third-order valence-electron chi connectivity index (χ3n) is 2.51. The van der Waals surface area contributed by atoms with Crippen molar-refractivity contribution in [1.82, 2.24) is 10.4 Å². The molecule has 1 aromatic heterocycles. The minimum Gasteiger partial charge on any atom is -0.484 e. The first kappa shape index (κ1) is 13.9. The summed E-state index contributed by atoms with van der Waals surface area (Å²) in [5.41, 5.74) is 2.72. The van der Waals surface area contributed by atoms with Crippen LogP contribution < -0.4 is 16.0 Å². The maximum absolute atomic E-state index is 13.3. The Bertz CT molecular complexity index is 618. The van der Waals surface area contributed by atoms with Crippen molar-refractivity contribution in [1.29, 1.82) is 0 Å². The number of halogens is 2. The highest BCUT2D eigenvalue weighted by Gasteiger charge is 2.09. The molecule has 0 aliphatic heterocycles. The van der Waals surface area contributed by atoms with Crippen molar-refractivity contribution >= 4 is 5.91 Å². The number of carbonyl (C=O) groups is 1. The molecule has 20 heavy (non-hydrogen) atoms. The summed E-state index contributed by atoms with van der Waals surface area (Å²) in [5, 5.41) is 0. The number of amides is 1. The van der Waals surface area contributed by atoms with Crippen molar-refractivity contribution in [2.45, 2.75) is 6.61 Å². The molecule has 104 valence electrons. The molecule has 0 bridgehead atoms. The Hall–Kier alpha value is -2.54. The number of benzene rings is 1. The maximum atomic E-state index is 13.3. The van der Waals surface area contributed by atoms with E-state index in [-0.39, 0.29) is 17.9 Å². The fraction of sp³-hybridized carbons (Fsp3) is 0.0769. The van der Waals surface area contributed by atoms with Gasteiger partial charge in [-0.05, 0) is 24.3 Å². The molecule has 1 heterocycles. The van der Waals surface area contributed by atoms with E-state index in [9.17, 15) is 13.6 Å². The van der Waals surface area contributed by atoms with Crippen molar-refractivity contribution in [3.63, 3.8) is 0 Å². The number of rotatable bonds is 4. The predicted molar refractivity (Wildman–Crippen MR) is 66.6 cm³/mol. The molecular formula is C13H11F2N3O2. The van der Waals surface area contributed by atoms with Gasteiger partial charge in [-0.15, -0.1) is 0 Å². The highest BCUT2D eigenvalue weighted by Crippen LogP contribution is 2.20. The van der Waals surface area contributed by atoms with Gasteiger partial charge in [0.25, 0.3) is 5.91 Å². The van der Waals surface area contributed by atoms with Gasteiger partial charge in [-0.1, -0.05) is 6.07 Å². The Kier molecular flexibility index (Phi) is 4.21. The summed E-state index contributed by atoms with van der Waals surface area (Å²) < 4.78 is 31.4. The van der Waals surface area contributed by atoms with Crippen LogP contribution in [0, 0.1) is 11.6 Å². The van der Waals surface area contributed by atoms with Crippen molar-refractivity contribution < 1.29 is 18.3 Å². The monoisotopic (exact) mass is 279 g/mol. The number of ether oxygens (including phenoxy) is 1. The van der Waals surface area contributed by atoms with E-state index in [1.54, 1.807) is 0 Å². The van der Waals surface area contributed by atoms with Gasteiger partial charge < -0.3 is 4.74 Å². The second kappa shape index (κ2) is 6.07. The third kappa shape index (κ3) is 3.07. The van der Waals surface area contributed by atoms with Crippen LogP contribution in [-0.4, -0.2) is 10.9 Å². The van der Waals surface area contributed by atoms with Crippen molar-refractivity contribution in [2.24, 2.45) is 5.84 Å². The lowest BCUT2D eigenvalue weighted by atomic mass is 10.2. The zero-order valence-corrected chi connectivity index (χ0v) is 10.3. The summed E-state index contributed by atoms with van der Waals surface area (Å²) >= 11 is 0. The molecule has 0 fully saturated rings. The average Bonchev–Trinajstić information content (AvgIpc) is 2.48. The number of hydrogen-bond acceptors (Lipinski definition) is 4. The Balaban J connectivity index is 2.04. The molecular weight excluding hydrogens is 268 g/mol.